The van der Waals surface area contributed by atoms with E-state index in [0.717, 1.165) is 0 Å². The Balaban J connectivity index is 0.000000371. The zero-order valence-electron chi connectivity index (χ0n) is 7.27. The molecule has 2 heteroatoms. The Bertz CT molecular complexity index is 110. The van der Waals surface area contributed by atoms with E-state index in [-0.39, 0.29) is 0 Å². The maximum Gasteiger partial charge on any atom is 0.0323 e. The second-order valence-corrected chi connectivity index (χ2v) is 3.08. The summed E-state index contributed by atoms with van der Waals surface area (Å²) >= 11 is 1.89. The van der Waals surface area contributed by atoms with Gasteiger partial charge in [-0.05, 0) is 19.3 Å². The van der Waals surface area contributed by atoms with Crippen LogP contribution in [0.2, 0.25) is 0 Å². The molecule has 0 radical (unpaired) electrons. The zero-order chi connectivity index (χ0) is 7.98. The molecule has 1 rings (SSSR count). The van der Waals surface area contributed by atoms with Gasteiger partial charge in [-0.3, -0.25) is 0 Å². The molecule has 1 unspecified atom stereocenters. The van der Waals surface area contributed by atoms with Gasteiger partial charge in [0.05, 0.1) is 0 Å². The fraction of sp³-hybridized carbons (Fsp3) is 0.750. The van der Waals surface area contributed by atoms with E-state index in [1.165, 1.54) is 11.4 Å². The molecule has 10 heavy (non-hydrogen) atoms. The molecular formula is C8H17NS. The normalized spacial score (nSPS) is 23.6. The minimum Gasteiger partial charge on any atom is -0.385 e. The lowest BCUT2D eigenvalue weighted by Crippen LogP contribution is -2.28. The number of rotatable bonds is 0. The number of hydrogen-bond donors (Lipinski definition) is 1. The predicted molar refractivity (Wildman–Crippen MR) is 50.2 cm³/mol. The second-order valence-electron chi connectivity index (χ2n) is 2.18. The van der Waals surface area contributed by atoms with Crippen molar-refractivity contribution in [3.05, 3.63) is 11.1 Å². The lowest BCUT2D eigenvalue weighted by Gasteiger charge is -2.18. The summed E-state index contributed by atoms with van der Waals surface area (Å²) in [6, 6.07) is 0.657. The summed E-state index contributed by atoms with van der Waals surface area (Å²) < 4.78 is 0. The Kier molecular flexibility index (Phi) is 5.60. The van der Waals surface area contributed by atoms with Crippen LogP contribution in [0.1, 0.15) is 27.7 Å². The first-order valence-electron chi connectivity index (χ1n) is 3.84. The third kappa shape index (κ3) is 3.83. The molecule has 0 fully saturated rings. The van der Waals surface area contributed by atoms with Crippen LogP contribution in [0, 0.1) is 0 Å². The van der Waals surface area contributed by atoms with Gasteiger partial charge in [-0.1, -0.05) is 13.8 Å². The van der Waals surface area contributed by atoms with Crippen LogP contribution in [0.15, 0.2) is 11.1 Å². The van der Waals surface area contributed by atoms with Crippen LogP contribution in [0.5, 0.6) is 0 Å². The van der Waals surface area contributed by atoms with Crippen molar-refractivity contribution in [2.45, 2.75) is 33.7 Å². The molecule has 0 saturated heterocycles. The van der Waals surface area contributed by atoms with Crippen LogP contribution < -0.4 is 5.32 Å². The summed E-state index contributed by atoms with van der Waals surface area (Å²) in [5.41, 5.74) is 1.30. The van der Waals surface area contributed by atoms with Crippen molar-refractivity contribution in [3.8, 4) is 0 Å². The Morgan fingerprint density at radius 3 is 2.50 bits per heavy atom. The van der Waals surface area contributed by atoms with Crippen molar-refractivity contribution in [2.75, 3.05) is 5.75 Å². The molecule has 0 aliphatic carbocycles. The fourth-order valence-corrected chi connectivity index (χ4v) is 1.57. The smallest absolute Gasteiger partial charge is 0.0323 e. The minimum atomic E-state index is 0.657. The average molecular weight is 159 g/mol. The molecule has 1 N–H and O–H groups in total. The van der Waals surface area contributed by atoms with Crippen molar-refractivity contribution in [2.24, 2.45) is 0 Å². The molecule has 0 saturated carbocycles. The van der Waals surface area contributed by atoms with E-state index in [1.54, 1.807) is 0 Å². The van der Waals surface area contributed by atoms with Crippen molar-refractivity contribution < 1.29 is 0 Å². The Labute approximate surface area is 68.3 Å². The maximum atomic E-state index is 3.32. The van der Waals surface area contributed by atoms with Gasteiger partial charge < -0.3 is 5.32 Å². The molecule has 0 aromatic heterocycles. The molecule has 1 aliphatic heterocycles. The summed E-state index contributed by atoms with van der Waals surface area (Å²) in [6.45, 7) is 8.30. The van der Waals surface area contributed by atoms with Crippen LogP contribution in [-0.2, 0) is 0 Å². The number of hydrogen-bond acceptors (Lipinski definition) is 2. The largest absolute Gasteiger partial charge is 0.385 e. The third-order valence-electron chi connectivity index (χ3n) is 1.08. The second kappa shape index (κ2) is 5.66. The van der Waals surface area contributed by atoms with E-state index in [2.05, 4.69) is 24.6 Å². The molecule has 0 spiro atoms. The summed E-state index contributed by atoms with van der Waals surface area (Å²) in [5.74, 6) is 1.21. The Morgan fingerprint density at radius 1 is 1.60 bits per heavy atom. The topological polar surface area (TPSA) is 12.0 Å². The van der Waals surface area contributed by atoms with E-state index in [1.807, 2.05) is 25.6 Å². The van der Waals surface area contributed by atoms with Gasteiger partial charge in [-0.2, -0.15) is 0 Å². The van der Waals surface area contributed by atoms with Crippen LogP contribution in [0.4, 0.5) is 0 Å². The molecule has 0 aromatic carbocycles. The third-order valence-corrected chi connectivity index (χ3v) is 2.29. The van der Waals surface area contributed by atoms with Crippen molar-refractivity contribution >= 4 is 11.8 Å². The first-order valence-corrected chi connectivity index (χ1v) is 4.89. The molecule has 1 heterocycles. The van der Waals surface area contributed by atoms with Gasteiger partial charge in [-0.15, -0.1) is 11.8 Å². The fourth-order valence-electron chi connectivity index (χ4n) is 0.782. The molecule has 60 valence electrons. The predicted octanol–water partition coefficient (Wildman–Crippen LogP) is 2.60. The van der Waals surface area contributed by atoms with Crippen molar-refractivity contribution in [3.63, 3.8) is 0 Å². The van der Waals surface area contributed by atoms with Crippen LogP contribution in [0.25, 0.3) is 0 Å². The average Bonchev–Trinajstić information content (AvgIpc) is 1.91. The molecule has 1 nitrogen and oxygen atoms in total. The lowest BCUT2D eigenvalue weighted by atomic mass is 10.3. The summed E-state index contributed by atoms with van der Waals surface area (Å²) in [5, 5.41) is 5.49. The minimum absolute atomic E-state index is 0.657. The van der Waals surface area contributed by atoms with Gasteiger partial charge in [-0.25, -0.2) is 0 Å². The highest BCUT2D eigenvalue weighted by Crippen LogP contribution is 2.12. The van der Waals surface area contributed by atoms with Gasteiger partial charge >= 0.3 is 0 Å². The van der Waals surface area contributed by atoms with Crippen molar-refractivity contribution in [1.29, 1.82) is 0 Å². The highest BCUT2D eigenvalue weighted by Gasteiger charge is 2.04. The molecule has 0 aromatic rings. The van der Waals surface area contributed by atoms with E-state index < -0.39 is 0 Å². The number of allylic oxidation sites excluding steroid dienone is 1. The molecular weight excluding hydrogens is 142 g/mol. The first-order chi connectivity index (χ1) is 4.79. The van der Waals surface area contributed by atoms with E-state index in [9.17, 15) is 0 Å². The Hall–Kier alpha value is -0.110. The van der Waals surface area contributed by atoms with E-state index >= 15 is 0 Å². The van der Waals surface area contributed by atoms with Gasteiger partial charge in [0, 0.05) is 17.5 Å². The molecule has 0 bridgehead atoms. The monoisotopic (exact) mass is 159 g/mol. The first kappa shape index (κ1) is 9.89. The molecule has 0 amide bonds. The summed E-state index contributed by atoms with van der Waals surface area (Å²) in [4.78, 5) is 0. The standard InChI is InChI=1S/C6H11NS.C2H6/c1-5-3-8-4-6(2)7-5;1-2/h3,6-7H,4H2,1-2H3;1-2H3. The van der Waals surface area contributed by atoms with Gasteiger partial charge in [0.1, 0.15) is 0 Å². The van der Waals surface area contributed by atoms with Crippen LogP contribution >= 0.6 is 11.8 Å². The van der Waals surface area contributed by atoms with Gasteiger partial charge in [0.2, 0.25) is 0 Å². The summed E-state index contributed by atoms with van der Waals surface area (Å²) in [7, 11) is 0. The maximum absolute atomic E-state index is 3.32. The van der Waals surface area contributed by atoms with E-state index in [4.69, 9.17) is 0 Å². The van der Waals surface area contributed by atoms with Crippen LogP contribution in [-0.4, -0.2) is 11.8 Å². The SMILES string of the molecule is CC.CC1=CSCC(C)N1. The van der Waals surface area contributed by atoms with E-state index in [0.29, 0.717) is 6.04 Å². The highest BCUT2D eigenvalue weighted by molar-refractivity contribution is 8.02. The van der Waals surface area contributed by atoms with Gasteiger partial charge in [0.25, 0.3) is 0 Å². The highest BCUT2D eigenvalue weighted by atomic mass is 32.2. The van der Waals surface area contributed by atoms with Crippen molar-refractivity contribution in [1.82, 2.24) is 5.32 Å². The molecule has 1 aliphatic rings. The Morgan fingerprint density at radius 2 is 2.20 bits per heavy atom. The van der Waals surface area contributed by atoms with Crippen LogP contribution in [0.3, 0.4) is 0 Å². The number of nitrogens with one attached hydrogen (secondary N) is 1. The summed E-state index contributed by atoms with van der Waals surface area (Å²) in [6.07, 6.45) is 0. The van der Waals surface area contributed by atoms with Gasteiger partial charge in [0.15, 0.2) is 0 Å². The molecule has 1 atom stereocenters. The lowest BCUT2D eigenvalue weighted by molar-refractivity contribution is 0.674. The quantitative estimate of drug-likeness (QED) is 0.583. The number of thioether (sulfide) groups is 1. The zero-order valence-corrected chi connectivity index (χ0v) is 8.09.